The molecule has 0 aromatic carbocycles. The lowest BCUT2D eigenvalue weighted by Crippen LogP contribution is -2.61. The van der Waals surface area contributed by atoms with Crippen LogP contribution in [0.3, 0.4) is 0 Å². The Morgan fingerprint density at radius 2 is 1.54 bits per heavy atom. The Hall–Kier alpha value is -1.26. The summed E-state index contributed by atoms with van der Waals surface area (Å²) in [4.78, 5) is 27.5. The van der Waals surface area contributed by atoms with Gasteiger partial charge in [0.25, 0.3) is 0 Å². The predicted molar refractivity (Wildman–Crippen MR) is 109 cm³/mol. The normalized spacial score (nSPS) is 41.4. The van der Waals surface area contributed by atoms with Crippen molar-refractivity contribution in [3.63, 3.8) is 0 Å². The Bertz CT molecular complexity index is 582. The summed E-state index contributed by atoms with van der Waals surface area (Å²) in [6.07, 6.45) is 15.6. The molecule has 4 bridgehead atoms. The minimum absolute atomic E-state index is 0.0467. The second-order valence-electron chi connectivity index (χ2n) is 10.7. The standard InChI is InChI=1S/C23H37N3O2/c27-21(26-9-3-5-19-4-1-2-6-20(19)26)7-8-24-22(28)25-23-13-16-10-17(14-23)12-18(11-16)15-23/h16-20H,1-15H2,(H2,24,25,28). The molecule has 5 heteroatoms. The van der Waals surface area contributed by atoms with E-state index >= 15 is 0 Å². The van der Waals surface area contributed by atoms with Crippen molar-refractivity contribution < 1.29 is 9.59 Å². The van der Waals surface area contributed by atoms with E-state index < -0.39 is 0 Å². The van der Waals surface area contributed by atoms with Crippen LogP contribution in [0.5, 0.6) is 0 Å². The van der Waals surface area contributed by atoms with E-state index in [4.69, 9.17) is 0 Å². The minimum Gasteiger partial charge on any atom is -0.339 e. The van der Waals surface area contributed by atoms with Crippen LogP contribution < -0.4 is 10.6 Å². The minimum atomic E-state index is -0.0519. The lowest BCUT2D eigenvalue weighted by molar-refractivity contribution is -0.137. The maximum absolute atomic E-state index is 12.8. The van der Waals surface area contributed by atoms with Gasteiger partial charge in [-0.15, -0.1) is 0 Å². The van der Waals surface area contributed by atoms with Gasteiger partial charge >= 0.3 is 6.03 Å². The first-order valence-corrected chi connectivity index (χ1v) is 12.0. The Balaban J connectivity index is 1.09. The number of urea groups is 1. The zero-order valence-electron chi connectivity index (χ0n) is 17.3. The topological polar surface area (TPSA) is 61.4 Å². The van der Waals surface area contributed by atoms with Crippen molar-refractivity contribution >= 4 is 11.9 Å². The van der Waals surface area contributed by atoms with Crippen molar-refractivity contribution in [3.05, 3.63) is 0 Å². The van der Waals surface area contributed by atoms with Crippen LogP contribution in [0.25, 0.3) is 0 Å². The van der Waals surface area contributed by atoms with Gasteiger partial charge in [-0.25, -0.2) is 4.79 Å². The summed E-state index contributed by atoms with van der Waals surface area (Å²) in [7, 11) is 0. The van der Waals surface area contributed by atoms with Crippen LogP contribution in [0.2, 0.25) is 0 Å². The van der Waals surface area contributed by atoms with Gasteiger partial charge in [0.15, 0.2) is 0 Å². The van der Waals surface area contributed by atoms with Crippen molar-refractivity contribution in [1.29, 1.82) is 0 Å². The number of rotatable bonds is 4. The summed E-state index contributed by atoms with van der Waals surface area (Å²) in [5.41, 5.74) is 0.0467. The molecule has 1 saturated heterocycles. The Morgan fingerprint density at radius 1 is 0.893 bits per heavy atom. The van der Waals surface area contributed by atoms with E-state index in [9.17, 15) is 9.59 Å². The fourth-order valence-electron chi connectivity index (χ4n) is 7.91. The maximum atomic E-state index is 12.8. The lowest BCUT2D eigenvalue weighted by atomic mass is 9.53. The molecular weight excluding hydrogens is 350 g/mol. The third-order valence-corrected chi connectivity index (χ3v) is 8.60. The number of piperidine rings is 1. The Labute approximate surface area is 169 Å². The van der Waals surface area contributed by atoms with Crippen molar-refractivity contribution in [2.75, 3.05) is 13.1 Å². The van der Waals surface area contributed by atoms with Crippen LogP contribution in [-0.4, -0.2) is 41.5 Å². The summed E-state index contributed by atoms with van der Waals surface area (Å²) < 4.78 is 0. The summed E-state index contributed by atoms with van der Waals surface area (Å²) in [5.74, 6) is 3.45. The van der Waals surface area contributed by atoms with E-state index in [2.05, 4.69) is 15.5 Å². The smallest absolute Gasteiger partial charge is 0.315 e. The highest BCUT2D eigenvalue weighted by Gasteiger charge is 2.51. The van der Waals surface area contributed by atoms with Gasteiger partial charge < -0.3 is 15.5 Å². The van der Waals surface area contributed by atoms with E-state index in [-0.39, 0.29) is 17.5 Å². The number of amides is 3. The predicted octanol–water partition coefficient (Wildman–Crippen LogP) is 3.83. The molecule has 0 spiro atoms. The van der Waals surface area contributed by atoms with Gasteiger partial charge in [-0.05, 0) is 87.9 Å². The Kier molecular flexibility index (Phi) is 5.04. The molecule has 2 atom stereocenters. The molecule has 1 heterocycles. The van der Waals surface area contributed by atoms with E-state index in [1.54, 1.807) is 0 Å². The average molecular weight is 388 g/mol. The fraction of sp³-hybridized carbons (Fsp3) is 0.913. The van der Waals surface area contributed by atoms with E-state index in [1.807, 2.05) is 0 Å². The number of hydrogen-bond donors (Lipinski definition) is 2. The van der Waals surface area contributed by atoms with Crippen LogP contribution in [0.15, 0.2) is 0 Å². The highest BCUT2D eigenvalue weighted by atomic mass is 16.2. The molecule has 6 rings (SSSR count). The molecule has 0 radical (unpaired) electrons. The van der Waals surface area contributed by atoms with Gasteiger partial charge in [0, 0.05) is 31.1 Å². The quantitative estimate of drug-likeness (QED) is 0.770. The second-order valence-corrected chi connectivity index (χ2v) is 10.7. The summed E-state index contributed by atoms with van der Waals surface area (Å²) in [6, 6.07) is 0.416. The van der Waals surface area contributed by atoms with Gasteiger partial charge in [-0.3, -0.25) is 4.79 Å². The molecule has 1 aliphatic heterocycles. The number of nitrogens with zero attached hydrogens (tertiary/aromatic N) is 1. The van der Waals surface area contributed by atoms with Crippen LogP contribution in [0, 0.1) is 23.7 Å². The zero-order valence-corrected chi connectivity index (χ0v) is 17.3. The van der Waals surface area contributed by atoms with Gasteiger partial charge in [0.1, 0.15) is 0 Å². The summed E-state index contributed by atoms with van der Waals surface area (Å²) in [6.45, 7) is 1.38. The van der Waals surface area contributed by atoms with E-state index in [0.717, 1.165) is 36.6 Å². The molecule has 3 amide bonds. The number of hydrogen-bond acceptors (Lipinski definition) is 2. The molecule has 6 aliphatic rings. The van der Waals surface area contributed by atoms with Crippen molar-refractivity contribution in [2.45, 2.75) is 95.1 Å². The molecule has 2 unspecified atom stereocenters. The first-order chi connectivity index (χ1) is 13.6. The number of nitrogens with one attached hydrogen (secondary N) is 2. The summed E-state index contributed by atoms with van der Waals surface area (Å²) in [5, 5.41) is 6.35. The number of likely N-dealkylation sites (tertiary alicyclic amines) is 1. The van der Waals surface area contributed by atoms with Crippen molar-refractivity contribution in [2.24, 2.45) is 23.7 Å². The molecule has 0 aromatic heterocycles. The zero-order chi connectivity index (χ0) is 19.1. The fourth-order valence-corrected chi connectivity index (χ4v) is 7.91. The van der Waals surface area contributed by atoms with E-state index in [0.29, 0.717) is 19.0 Å². The SMILES string of the molecule is O=C(NCCC(=O)N1CCCC2CCCCC21)NC12CC3CC(CC(C3)C1)C2. The molecule has 5 saturated carbocycles. The van der Waals surface area contributed by atoms with Gasteiger partial charge in [0.2, 0.25) is 5.91 Å². The molecule has 156 valence electrons. The number of fused-ring (bicyclic) bond motifs is 1. The lowest BCUT2D eigenvalue weighted by Gasteiger charge is -2.56. The highest BCUT2D eigenvalue weighted by Crippen LogP contribution is 2.55. The number of carbonyl (C=O) groups excluding carboxylic acids is 2. The van der Waals surface area contributed by atoms with Gasteiger partial charge in [0.05, 0.1) is 0 Å². The van der Waals surface area contributed by atoms with Gasteiger partial charge in [-0.2, -0.15) is 0 Å². The molecule has 28 heavy (non-hydrogen) atoms. The first kappa shape index (κ1) is 18.7. The molecule has 5 aliphatic carbocycles. The number of carbonyl (C=O) groups is 2. The van der Waals surface area contributed by atoms with Crippen molar-refractivity contribution in [3.8, 4) is 0 Å². The van der Waals surface area contributed by atoms with Gasteiger partial charge in [-0.1, -0.05) is 12.8 Å². The monoisotopic (exact) mass is 387 g/mol. The Morgan fingerprint density at radius 3 is 2.25 bits per heavy atom. The van der Waals surface area contributed by atoms with Crippen LogP contribution >= 0.6 is 0 Å². The average Bonchev–Trinajstić information content (AvgIpc) is 2.66. The second kappa shape index (κ2) is 7.53. The third-order valence-electron chi connectivity index (χ3n) is 8.60. The molecule has 2 N–H and O–H groups in total. The third kappa shape index (κ3) is 3.66. The van der Waals surface area contributed by atoms with Crippen LogP contribution in [-0.2, 0) is 4.79 Å². The maximum Gasteiger partial charge on any atom is 0.315 e. The highest BCUT2D eigenvalue weighted by molar-refractivity contribution is 5.79. The first-order valence-electron chi connectivity index (χ1n) is 12.0. The van der Waals surface area contributed by atoms with Crippen LogP contribution in [0.4, 0.5) is 4.79 Å². The van der Waals surface area contributed by atoms with Crippen molar-refractivity contribution in [1.82, 2.24) is 15.5 Å². The summed E-state index contributed by atoms with van der Waals surface area (Å²) >= 11 is 0. The molecule has 0 aromatic rings. The van der Waals surface area contributed by atoms with E-state index in [1.165, 1.54) is 70.6 Å². The van der Waals surface area contributed by atoms with Crippen LogP contribution in [0.1, 0.15) is 83.5 Å². The molecular formula is C23H37N3O2. The largest absolute Gasteiger partial charge is 0.339 e. The molecule has 6 fully saturated rings. The molecule has 5 nitrogen and oxygen atoms in total.